The van der Waals surface area contributed by atoms with E-state index in [0.717, 1.165) is 36.3 Å². The van der Waals surface area contributed by atoms with Crippen LogP contribution in [0, 0.1) is 13.8 Å². The lowest BCUT2D eigenvalue weighted by molar-refractivity contribution is 0.102. The van der Waals surface area contributed by atoms with E-state index in [2.05, 4.69) is 21.7 Å². The highest BCUT2D eigenvalue weighted by molar-refractivity contribution is 7.99. The third kappa shape index (κ3) is 4.64. The maximum atomic E-state index is 12.6. The molecule has 8 heteroatoms. The summed E-state index contributed by atoms with van der Waals surface area (Å²) in [5, 5.41) is 7.01. The first-order chi connectivity index (χ1) is 12.0. The second kappa shape index (κ2) is 9.05. The Morgan fingerprint density at radius 3 is 2.76 bits per heavy atom. The molecule has 0 saturated carbocycles. The number of Topliss-reactive ketones (excluding diaryl/α,β-unsaturated/α-hetero) is 1. The lowest BCUT2D eigenvalue weighted by Crippen LogP contribution is -2.18. The molecule has 0 radical (unpaired) electrons. The first kappa shape index (κ1) is 19.5. The molecule has 138 valence electrons. The number of aromatic amines is 1. The van der Waals surface area contributed by atoms with Crippen molar-refractivity contribution in [3.05, 3.63) is 33.5 Å². The van der Waals surface area contributed by atoms with Crippen LogP contribution in [0.25, 0.3) is 0 Å². The van der Waals surface area contributed by atoms with Gasteiger partial charge in [0.1, 0.15) is 0 Å². The standard InChI is InChI=1S/C17H26N4O3S/c1-5-7-20-12(2)10-14(13(20)3)15(22)11-25-17-19-18-16(23)21(17)8-6-9-24-4/h10H,5-9,11H2,1-4H3,(H,18,23). The number of ether oxygens (including phenoxy) is 1. The summed E-state index contributed by atoms with van der Waals surface area (Å²) in [6.45, 7) is 8.13. The van der Waals surface area contributed by atoms with Crippen LogP contribution in [-0.4, -0.2) is 44.6 Å². The number of carbonyl (C=O) groups is 1. The largest absolute Gasteiger partial charge is 0.385 e. The Balaban J connectivity index is 2.06. The van der Waals surface area contributed by atoms with Gasteiger partial charge in [-0.2, -0.15) is 0 Å². The zero-order valence-corrected chi connectivity index (χ0v) is 16.1. The third-order valence-electron chi connectivity index (χ3n) is 4.11. The first-order valence-corrected chi connectivity index (χ1v) is 9.45. The Labute approximate surface area is 151 Å². The van der Waals surface area contributed by atoms with Gasteiger partial charge in [-0.1, -0.05) is 18.7 Å². The minimum atomic E-state index is -0.257. The number of rotatable bonds is 10. The number of thioether (sulfide) groups is 1. The lowest BCUT2D eigenvalue weighted by Gasteiger charge is -2.08. The van der Waals surface area contributed by atoms with E-state index in [1.807, 2.05) is 19.9 Å². The SMILES string of the molecule is CCCn1c(C)cc(C(=O)CSc2n[nH]c(=O)n2CCCOC)c1C. The molecule has 0 aromatic carbocycles. The molecule has 0 aliphatic carbocycles. The maximum absolute atomic E-state index is 12.6. The maximum Gasteiger partial charge on any atom is 0.343 e. The van der Waals surface area contributed by atoms with Crippen LogP contribution in [0.5, 0.6) is 0 Å². The Bertz CT molecular complexity index is 775. The predicted molar refractivity (Wildman–Crippen MR) is 98.6 cm³/mol. The molecule has 0 amide bonds. The van der Waals surface area contributed by atoms with Crippen LogP contribution in [0.15, 0.2) is 16.0 Å². The van der Waals surface area contributed by atoms with Gasteiger partial charge < -0.3 is 9.30 Å². The number of methoxy groups -OCH3 is 1. The molecule has 0 unspecified atom stereocenters. The molecule has 2 aromatic rings. The molecule has 0 atom stereocenters. The second-order valence-electron chi connectivity index (χ2n) is 5.96. The van der Waals surface area contributed by atoms with E-state index < -0.39 is 0 Å². The van der Waals surface area contributed by atoms with Crippen molar-refractivity contribution in [2.45, 2.75) is 51.9 Å². The van der Waals surface area contributed by atoms with Crippen molar-refractivity contribution in [2.75, 3.05) is 19.5 Å². The minimum Gasteiger partial charge on any atom is -0.385 e. The molecule has 0 saturated heterocycles. The van der Waals surface area contributed by atoms with Crippen LogP contribution in [0.3, 0.4) is 0 Å². The molecule has 0 fully saturated rings. The van der Waals surface area contributed by atoms with Crippen LogP contribution in [-0.2, 0) is 17.8 Å². The molecule has 25 heavy (non-hydrogen) atoms. The number of carbonyl (C=O) groups excluding carboxylic acids is 1. The Morgan fingerprint density at radius 2 is 2.08 bits per heavy atom. The highest BCUT2D eigenvalue weighted by atomic mass is 32.2. The van der Waals surface area contributed by atoms with Crippen molar-refractivity contribution in [2.24, 2.45) is 0 Å². The number of aromatic nitrogens is 4. The summed E-state index contributed by atoms with van der Waals surface area (Å²) < 4.78 is 8.74. The van der Waals surface area contributed by atoms with Crippen LogP contribution in [0.2, 0.25) is 0 Å². The molecule has 0 aliphatic heterocycles. The Kier molecular flexibility index (Phi) is 7.07. The van der Waals surface area contributed by atoms with Gasteiger partial charge >= 0.3 is 5.69 Å². The van der Waals surface area contributed by atoms with E-state index in [9.17, 15) is 9.59 Å². The number of hydrogen-bond acceptors (Lipinski definition) is 5. The Hall–Kier alpha value is -1.80. The lowest BCUT2D eigenvalue weighted by atomic mass is 10.2. The van der Waals surface area contributed by atoms with E-state index in [0.29, 0.717) is 18.3 Å². The average molecular weight is 366 g/mol. The van der Waals surface area contributed by atoms with Crippen molar-refractivity contribution in [3.8, 4) is 0 Å². The van der Waals surface area contributed by atoms with E-state index in [1.165, 1.54) is 11.8 Å². The molecule has 2 aromatic heterocycles. The van der Waals surface area contributed by atoms with Gasteiger partial charge in [0.2, 0.25) is 0 Å². The second-order valence-corrected chi connectivity index (χ2v) is 6.90. The average Bonchev–Trinajstić information content (AvgIpc) is 3.08. The van der Waals surface area contributed by atoms with Crippen LogP contribution in [0.4, 0.5) is 0 Å². The smallest absolute Gasteiger partial charge is 0.343 e. The van der Waals surface area contributed by atoms with Gasteiger partial charge in [-0.25, -0.2) is 9.89 Å². The molecule has 2 heterocycles. The number of aryl methyl sites for hydroxylation is 1. The van der Waals surface area contributed by atoms with Crippen LogP contribution < -0.4 is 5.69 Å². The van der Waals surface area contributed by atoms with E-state index in [1.54, 1.807) is 11.7 Å². The fraction of sp³-hybridized carbons (Fsp3) is 0.588. The monoisotopic (exact) mass is 366 g/mol. The van der Waals surface area contributed by atoms with Gasteiger partial charge in [-0.3, -0.25) is 9.36 Å². The topological polar surface area (TPSA) is 81.9 Å². The van der Waals surface area contributed by atoms with E-state index >= 15 is 0 Å². The van der Waals surface area contributed by atoms with Crippen molar-refractivity contribution in [1.29, 1.82) is 0 Å². The molecule has 0 spiro atoms. The van der Waals surface area contributed by atoms with E-state index in [-0.39, 0.29) is 17.2 Å². The Morgan fingerprint density at radius 1 is 1.32 bits per heavy atom. The summed E-state index contributed by atoms with van der Waals surface area (Å²) >= 11 is 1.29. The summed E-state index contributed by atoms with van der Waals surface area (Å²) in [5.74, 6) is 0.310. The number of nitrogens with zero attached hydrogens (tertiary/aromatic N) is 3. The highest BCUT2D eigenvalue weighted by Gasteiger charge is 2.17. The molecule has 0 bridgehead atoms. The summed E-state index contributed by atoms with van der Waals surface area (Å²) in [6, 6.07) is 1.95. The predicted octanol–water partition coefficient (Wildman–Crippen LogP) is 2.41. The normalized spacial score (nSPS) is 11.2. The van der Waals surface area contributed by atoms with Crippen molar-refractivity contribution in [3.63, 3.8) is 0 Å². The number of hydrogen-bond donors (Lipinski definition) is 1. The number of ketones is 1. The fourth-order valence-corrected chi connectivity index (χ4v) is 3.69. The summed E-state index contributed by atoms with van der Waals surface area (Å²) in [5.41, 5.74) is 2.60. The first-order valence-electron chi connectivity index (χ1n) is 8.46. The van der Waals surface area contributed by atoms with Gasteiger partial charge in [0, 0.05) is 43.8 Å². The number of H-pyrrole nitrogens is 1. The van der Waals surface area contributed by atoms with Gasteiger partial charge in [-0.15, -0.1) is 5.10 Å². The quantitative estimate of drug-likeness (QED) is 0.397. The third-order valence-corrected chi connectivity index (χ3v) is 5.08. The fourth-order valence-electron chi connectivity index (χ4n) is 2.84. The van der Waals surface area contributed by atoms with Crippen molar-refractivity contribution < 1.29 is 9.53 Å². The zero-order valence-electron chi connectivity index (χ0n) is 15.3. The molecule has 7 nitrogen and oxygen atoms in total. The summed E-state index contributed by atoms with van der Waals surface area (Å²) in [7, 11) is 1.63. The molecular formula is C17H26N4O3S. The van der Waals surface area contributed by atoms with Gasteiger partial charge in [-0.05, 0) is 32.8 Å². The van der Waals surface area contributed by atoms with Gasteiger partial charge in [0.25, 0.3) is 0 Å². The summed E-state index contributed by atoms with van der Waals surface area (Å²) in [4.78, 5) is 24.4. The van der Waals surface area contributed by atoms with Gasteiger partial charge in [0.05, 0.1) is 5.75 Å². The zero-order chi connectivity index (χ0) is 18.4. The van der Waals surface area contributed by atoms with Crippen molar-refractivity contribution >= 4 is 17.5 Å². The molecule has 1 N–H and O–H groups in total. The molecule has 0 aliphatic rings. The number of nitrogens with one attached hydrogen (secondary N) is 1. The van der Waals surface area contributed by atoms with Crippen molar-refractivity contribution in [1.82, 2.24) is 19.3 Å². The van der Waals surface area contributed by atoms with Gasteiger partial charge in [0.15, 0.2) is 10.9 Å². The van der Waals surface area contributed by atoms with Crippen LogP contribution >= 0.6 is 11.8 Å². The minimum absolute atomic E-state index is 0.0549. The molecular weight excluding hydrogens is 340 g/mol. The van der Waals surface area contributed by atoms with E-state index in [4.69, 9.17) is 4.74 Å². The highest BCUT2D eigenvalue weighted by Crippen LogP contribution is 2.20. The molecule has 2 rings (SSSR count). The van der Waals surface area contributed by atoms with Crippen LogP contribution in [0.1, 0.15) is 41.5 Å². The summed E-state index contributed by atoms with van der Waals surface area (Å²) in [6.07, 6.45) is 1.75.